The number of aryl methyl sites for hydroxylation is 1. The standard InChI is InChI=1S/C19H34N2/c1-7-19(6,14-20-13-16(3)4)15-21(8-2)18-11-9-10-17(5)12-18/h9-12,16,20H,7-8,13-15H2,1-6H3. The van der Waals surface area contributed by atoms with Gasteiger partial charge in [0, 0.05) is 25.3 Å². The topological polar surface area (TPSA) is 15.3 Å². The summed E-state index contributed by atoms with van der Waals surface area (Å²) in [4.78, 5) is 2.51. The van der Waals surface area contributed by atoms with Gasteiger partial charge in [0.25, 0.3) is 0 Å². The number of hydrogen-bond acceptors (Lipinski definition) is 2. The van der Waals surface area contributed by atoms with Gasteiger partial charge in [0.2, 0.25) is 0 Å². The lowest BCUT2D eigenvalue weighted by atomic mass is 9.86. The summed E-state index contributed by atoms with van der Waals surface area (Å²) in [7, 11) is 0. The Bertz CT molecular complexity index is 414. The van der Waals surface area contributed by atoms with Crippen LogP contribution in [0.4, 0.5) is 5.69 Å². The van der Waals surface area contributed by atoms with E-state index in [1.807, 2.05) is 0 Å². The molecule has 0 saturated carbocycles. The second-order valence-corrected chi connectivity index (χ2v) is 7.04. The molecule has 1 N–H and O–H groups in total. The predicted molar refractivity (Wildman–Crippen MR) is 95.2 cm³/mol. The van der Waals surface area contributed by atoms with Gasteiger partial charge in [-0.15, -0.1) is 0 Å². The van der Waals surface area contributed by atoms with Gasteiger partial charge in [-0.1, -0.05) is 39.8 Å². The summed E-state index contributed by atoms with van der Waals surface area (Å²) in [5.41, 5.74) is 3.00. The molecular formula is C19H34N2. The monoisotopic (exact) mass is 290 g/mol. The summed E-state index contributed by atoms with van der Waals surface area (Å²) < 4.78 is 0. The number of nitrogens with zero attached hydrogens (tertiary/aromatic N) is 1. The van der Waals surface area contributed by atoms with E-state index in [-0.39, 0.29) is 0 Å². The molecule has 1 aromatic rings. The number of rotatable bonds is 9. The average Bonchev–Trinajstić information content (AvgIpc) is 2.44. The largest absolute Gasteiger partial charge is 0.371 e. The fraction of sp³-hybridized carbons (Fsp3) is 0.684. The smallest absolute Gasteiger partial charge is 0.0368 e. The normalized spacial score (nSPS) is 14.2. The molecule has 21 heavy (non-hydrogen) atoms. The van der Waals surface area contributed by atoms with Crippen molar-refractivity contribution in [2.45, 2.75) is 48.0 Å². The molecule has 0 bridgehead atoms. The van der Waals surface area contributed by atoms with E-state index in [4.69, 9.17) is 0 Å². The third-order valence-electron chi connectivity index (χ3n) is 4.28. The minimum Gasteiger partial charge on any atom is -0.371 e. The van der Waals surface area contributed by atoms with Gasteiger partial charge in [0.1, 0.15) is 0 Å². The lowest BCUT2D eigenvalue weighted by molar-refractivity contribution is 0.291. The van der Waals surface area contributed by atoms with Gasteiger partial charge in [-0.05, 0) is 55.8 Å². The van der Waals surface area contributed by atoms with Gasteiger partial charge in [-0.3, -0.25) is 0 Å². The Kier molecular flexibility index (Phi) is 7.24. The molecule has 0 fully saturated rings. The van der Waals surface area contributed by atoms with Crippen molar-refractivity contribution in [2.75, 3.05) is 31.1 Å². The minimum atomic E-state index is 0.314. The highest BCUT2D eigenvalue weighted by atomic mass is 15.1. The van der Waals surface area contributed by atoms with E-state index in [9.17, 15) is 0 Å². The lowest BCUT2D eigenvalue weighted by Crippen LogP contribution is -2.43. The average molecular weight is 290 g/mol. The zero-order valence-electron chi connectivity index (χ0n) is 14.9. The van der Waals surface area contributed by atoms with Crippen LogP contribution in [0.5, 0.6) is 0 Å². The Morgan fingerprint density at radius 2 is 1.95 bits per heavy atom. The highest BCUT2D eigenvalue weighted by molar-refractivity contribution is 5.48. The highest BCUT2D eigenvalue weighted by Gasteiger charge is 2.25. The Morgan fingerprint density at radius 1 is 1.24 bits per heavy atom. The Balaban J connectivity index is 2.72. The third kappa shape index (κ3) is 6.09. The summed E-state index contributed by atoms with van der Waals surface area (Å²) in [6, 6.07) is 8.85. The first-order valence-corrected chi connectivity index (χ1v) is 8.42. The fourth-order valence-electron chi connectivity index (χ4n) is 2.63. The highest BCUT2D eigenvalue weighted by Crippen LogP contribution is 2.25. The summed E-state index contributed by atoms with van der Waals surface area (Å²) in [5.74, 6) is 0.713. The minimum absolute atomic E-state index is 0.314. The molecule has 1 unspecified atom stereocenters. The molecule has 1 rings (SSSR count). The summed E-state index contributed by atoms with van der Waals surface area (Å²) in [6.07, 6.45) is 1.19. The van der Waals surface area contributed by atoms with E-state index in [0.29, 0.717) is 11.3 Å². The van der Waals surface area contributed by atoms with Crippen molar-refractivity contribution in [3.8, 4) is 0 Å². The van der Waals surface area contributed by atoms with Crippen LogP contribution in [0, 0.1) is 18.3 Å². The SMILES string of the molecule is CCN(CC(C)(CC)CNCC(C)C)c1cccc(C)c1. The summed E-state index contributed by atoms with van der Waals surface area (Å²) in [6.45, 7) is 18.0. The van der Waals surface area contributed by atoms with Crippen LogP contribution in [0.3, 0.4) is 0 Å². The Hall–Kier alpha value is -1.02. The maximum absolute atomic E-state index is 3.64. The van der Waals surface area contributed by atoms with E-state index in [1.54, 1.807) is 0 Å². The van der Waals surface area contributed by atoms with Crippen LogP contribution in [0.25, 0.3) is 0 Å². The molecule has 0 spiro atoms. The van der Waals surface area contributed by atoms with Crippen LogP contribution in [0.2, 0.25) is 0 Å². The van der Waals surface area contributed by atoms with Gasteiger partial charge < -0.3 is 10.2 Å². The molecule has 0 amide bonds. The molecule has 0 radical (unpaired) electrons. The van der Waals surface area contributed by atoms with Crippen LogP contribution < -0.4 is 10.2 Å². The van der Waals surface area contributed by atoms with Crippen molar-refractivity contribution in [1.29, 1.82) is 0 Å². The van der Waals surface area contributed by atoms with Gasteiger partial charge in [0.05, 0.1) is 0 Å². The maximum Gasteiger partial charge on any atom is 0.0368 e. The summed E-state index contributed by atoms with van der Waals surface area (Å²) in [5, 5.41) is 3.64. The van der Waals surface area contributed by atoms with Crippen LogP contribution >= 0.6 is 0 Å². The molecule has 1 aromatic carbocycles. The van der Waals surface area contributed by atoms with E-state index in [1.165, 1.54) is 17.7 Å². The van der Waals surface area contributed by atoms with Gasteiger partial charge in [-0.25, -0.2) is 0 Å². The number of anilines is 1. The van der Waals surface area contributed by atoms with E-state index < -0.39 is 0 Å². The zero-order valence-corrected chi connectivity index (χ0v) is 14.9. The predicted octanol–water partition coefficient (Wildman–Crippen LogP) is 4.48. The van der Waals surface area contributed by atoms with Crippen LogP contribution in [0.15, 0.2) is 24.3 Å². The fourth-order valence-corrected chi connectivity index (χ4v) is 2.63. The molecule has 0 aliphatic rings. The molecule has 2 nitrogen and oxygen atoms in total. The second-order valence-electron chi connectivity index (χ2n) is 7.04. The molecule has 0 saturated heterocycles. The van der Waals surface area contributed by atoms with E-state index in [2.05, 4.69) is 76.0 Å². The number of nitrogens with one attached hydrogen (secondary N) is 1. The van der Waals surface area contributed by atoms with Crippen molar-refractivity contribution >= 4 is 5.69 Å². The number of benzene rings is 1. The van der Waals surface area contributed by atoms with Gasteiger partial charge in [-0.2, -0.15) is 0 Å². The maximum atomic E-state index is 3.64. The van der Waals surface area contributed by atoms with Crippen molar-refractivity contribution < 1.29 is 0 Å². The van der Waals surface area contributed by atoms with Crippen molar-refractivity contribution in [2.24, 2.45) is 11.3 Å². The first kappa shape index (κ1) is 18.0. The molecule has 0 heterocycles. The quantitative estimate of drug-likeness (QED) is 0.721. The lowest BCUT2D eigenvalue weighted by Gasteiger charge is -2.36. The zero-order chi connectivity index (χ0) is 15.9. The molecule has 0 aliphatic carbocycles. The molecule has 1 atom stereocenters. The van der Waals surface area contributed by atoms with Crippen molar-refractivity contribution in [1.82, 2.24) is 5.32 Å². The first-order chi connectivity index (χ1) is 9.90. The molecular weight excluding hydrogens is 256 g/mol. The molecule has 120 valence electrons. The molecule has 0 aromatic heterocycles. The van der Waals surface area contributed by atoms with Crippen LogP contribution in [-0.2, 0) is 0 Å². The second kappa shape index (κ2) is 8.43. The van der Waals surface area contributed by atoms with Gasteiger partial charge >= 0.3 is 0 Å². The van der Waals surface area contributed by atoms with Crippen LogP contribution in [-0.4, -0.2) is 26.2 Å². The number of hydrogen-bond donors (Lipinski definition) is 1. The third-order valence-corrected chi connectivity index (χ3v) is 4.28. The Morgan fingerprint density at radius 3 is 2.48 bits per heavy atom. The molecule has 0 aliphatic heterocycles. The first-order valence-electron chi connectivity index (χ1n) is 8.42. The van der Waals surface area contributed by atoms with Crippen molar-refractivity contribution in [3.05, 3.63) is 29.8 Å². The van der Waals surface area contributed by atoms with Crippen LogP contribution in [0.1, 0.15) is 46.6 Å². The Labute approximate surface area is 131 Å². The molecule has 2 heteroatoms. The van der Waals surface area contributed by atoms with Gasteiger partial charge in [0.15, 0.2) is 0 Å². The van der Waals surface area contributed by atoms with Crippen molar-refractivity contribution in [3.63, 3.8) is 0 Å². The van der Waals surface area contributed by atoms with E-state index >= 15 is 0 Å². The summed E-state index contributed by atoms with van der Waals surface area (Å²) >= 11 is 0. The van der Waals surface area contributed by atoms with E-state index in [0.717, 1.165) is 26.2 Å².